The summed E-state index contributed by atoms with van der Waals surface area (Å²) in [4.78, 5) is 28.1. The third-order valence-corrected chi connectivity index (χ3v) is 4.39. The van der Waals surface area contributed by atoms with Crippen LogP contribution in [0.25, 0.3) is 0 Å². The number of carbonyl (C=O) groups excluding carboxylic acids is 2. The molecule has 0 spiro atoms. The minimum atomic E-state index is -0.0883. The molecule has 0 saturated carbocycles. The first kappa shape index (κ1) is 17.9. The van der Waals surface area contributed by atoms with E-state index < -0.39 is 0 Å². The van der Waals surface area contributed by atoms with Gasteiger partial charge in [-0.1, -0.05) is 23.2 Å². The van der Waals surface area contributed by atoms with Gasteiger partial charge in [0.1, 0.15) is 0 Å². The Hall–Kier alpha value is -1.46. The Kier molecular flexibility index (Phi) is 6.13. The van der Waals surface area contributed by atoms with E-state index in [4.69, 9.17) is 23.2 Å². The fourth-order valence-electron chi connectivity index (χ4n) is 2.47. The highest BCUT2D eigenvalue weighted by atomic mass is 35.5. The van der Waals surface area contributed by atoms with Gasteiger partial charge in [0.25, 0.3) is 5.91 Å². The highest BCUT2D eigenvalue weighted by Crippen LogP contribution is 2.23. The summed E-state index contributed by atoms with van der Waals surface area (Å²) < 4.78 is 0. The van der Waals surface area contributed by atoms with Gasteiger partial charge in [0.15, 0.2) is 0 Å². The quantitative estimate of drug-likeness (QED) is 0.882. The second-order valence-corrected chi connectivity index (χ2v) is 6.68. The molecule has 1 saturated heterocycles. The Morgan fingerprint density at radius 3 is 2.35 bits per heavy atom. The first-order chi connectivity index (χ1) is 10.9. The predicted molar refractivity (Wildman–Crippen MR) is 92.2 cm³/mol. The number of nitrogens with one attached hydrogen (secondary N) is 1. The molecule has 1 heterocycles. The molecule has 1 aromatic carbocycles. The SMILES string of the molecule is CC(C)NC(=O)N1CCCN(C(=O)c2ccc(Cl)c(Cl)c2)CC1. The lowest BCUT2D eigenvalue weighted by molar-refractivity contribution is 0.0762. The molecule has 0 bridgehead atoms. The van der Waals surface area contributed by atoms with Crippen molar-refractivity contribution < 1.29 is 9.59 Å². The average molecular weight is 358 g/mol. The maximum absolute atomic E-state index is 12.6. The summed E-state index contributed by atoms with van der Waals surface area (Å²) in [6, 6.07) is 4.89. The van der Waals surface area contributed by atoms with Crippen molar-refractivity contribution in [3.63, 3.8) is 0 Å². The van der Waals surface area contributed by atoms with Gasteiger partial charge in [-0.05, 0) is 38.5 Å². The summed E-state index contributed by atoms with van der Waals surface area (Å²) in [6.07, 6.45) is 0.749. The molecule has 126 valence electrons. The number of urea groups is 1. The minimum absolute atomic E-state index is 0.0798. The van der Waals surface area contributed by atoms with Crippen LogP contribution in [0.2, 0.25) is 10.0 Å². The van der Waals surface area contributed by atoms with E-state index in [2.05, 4.69) is 5.32 Å². The molecule has 1 aliphatic heterocycles. The topological polar surface area (TPSA) is 52.7 Å². The van der Waals surface area contributed by atoms with Gasteiger partial charge in [-0.15, -0.1) is 0 Å². The Morgan fingerprint density at radius 1 is 1.04 bits per heavy atom. The average Bonchev–Trinajstić information content (AvgIpc) is 2.74. The number of benzene rings is 1. The number of carbonyl (C=O) groups is 2. The van der Waals surface area contributed by atoms with E-state index in [1.807, 2.05) is 13.8 Å². The lowest BCUT2D eigenvalue weighted by Gasteiger charge is -2.23. The molecular formula is C16H21Cl2N3O2. The van der Waals surface area contributed by atoms with E-state index in [1.165, 1.54) is 0 Å². The zero-order valence-electron chi connectivity index (χ0n) is 13.3. The van der Waals surface area contributed by atoms with Crippen LogP contribution < -0.4 is 5.32 Å². The van der Waals surface area contributed by atoms with Crippen molar-refractivity contribution in [2.75, 3.05) is 26.2 Å². The van der Waals surface area contributed by atoms with Crippen molar-refractivity contribution in [3.8, 4) is 0 Å². The molecule has 1 aromatic rings. The van der Waals surface area contributed by atoms with E-state index in [0.29, 0.717) is 41.8 Å². The van der Waals surface area contributed by atoms with Crippen molar-refractivity contribution in [1.82, 2.24) is 15.1 Å². The molecule has 1 fully saturated rings. The maximum Gasteiger partial charge on any atom is 0.317 e. The molecule has 23 heavy (non-hydrogen) atoms. The third-order valence-electron chi connectivity index (χ3n) is 3.65. The van der Waals surface area contributed by atoms with Gasteiger partial charge in [0, 0.05) is 37.8 Å². The third kappa shape index (κ3) is 4.75. The zero-order chi connectivity index (χ0) is 17.0. The van der Waals surface area contributed by atoms with E-state index in [1.54, 1.807) is 28.0 Å². The first-order valence-electron chi connectivity index (χ1n) is 7.68. The van der Waals surface area contributed by atoms with Crippen LogP contribution in [-0.2, 0) is 0 Å². The molecule has 2 rings (SSSR count). The largest absolute Gasteiger partial charge is 0.337 e. The van der Waals surface area contributed by atoms with Crippen LogP contribution in [0.15, 0.2) is 18.2 Å². The van der Waals surface area contributed by atoms with Crippen LogP contribution in [0.5, 0.6) is 0 Å². The van der Waals surface area contributed by atoms with Crippen molar-refractivity contribution in [2.24, 2.45) is 0 Å². The van der Waals surface area contributed by atoms with Gasteiger partial charge in [0.05, 0.1) is 10.0 Å². The smallest absolute Gasteiger partial charge is 0.317 e. The summed E-state index contributed by atoms with van der Waals surface area (Å²) in [5.74, 6) is -0.0883. The van der Waals surface area contributed by atoms with Crippen molar-refractivity contribution in [2.45, 2.75) is 26.3 Å². The van der Waals surface area contributed by atoms with Crippen LogP contribution in [0.3, 0.4) is 0 Å². The highest BCUT2D eigenvalue weighted by Gasteiger charge is 2.23. The van der Waals surface area contributed by atoms with Crippen molar-refractivity contribution in [1.29, 1.82) is 0 Å². The zero-order valence-corrected chi connectivity index (χ0v) is 14.8. The van der Waals surface area contributed by atoms with Crippen LogP contribution in [0, 0.1) is 0 Å². The van der Waals surface area contributed by atoms with Gasteiger partial charge >= 0.3 is 6.03 Å². The molecule has 0 radical (unpaired) electrons. The normalized spacial score (nSPS) is 15.5. The minimum Gasteiger partial charge on any atom is -0.337 e. The van der Waals surface area contributed by atoms with Gasteiger partial charge in [-0.25, -0.2) is 4.79 Å². The number of rotatable bonds is 2. The first-order valence-corrected chi connectivity index (χ1v) is 8.44. The molecule has 0 unspecified atom stereocenters. The summed E-state index contributed by atoms with van der Waals surface area (Å²) in [7, 11) is 0. The van der Waals surface area contributed by atoms with Crippen LogP contribution >= 0.6 is 23.2 Å². The van der Waals surface area contributed by atoms with Crippen molar-refractivity contribution in [3.05, 3.63) is 33.8 Å². The van der Waals surface area contributed by atoms with E-state index in [-0.39, 0.29) is 18.0 Å². The van der Waals surface area contributed by atoms with E-state index >= 15 is 0 Å². The van der Waals surface area contributed by atoms with Crippen LogP contribution in [0.1, 0.15) is 30.6 Å². The van der Waals surface area contributed by atoms with Gasteiger partial charge in [-0.3, -0.25) is 4.79 Å². The number of hydrogen-bond acceptors (Lipinski definition) is 2. The molecule has 5 nitrogen and oxygen atoms in total. The summed E-state index contributed by atoms with van der Waals surface area (Å²) in [5.41, 5.74) is 0.513. The summed E-state index contributed by atoms with van der Waals surface area (Å²) >= 11 is 11.9. The monoisotopic (exact) mass is 357 g/mol. The van der Waals surface area contributed by atoms with Crippen LogP contribution in [0.4, 0.5) is 4.79 Å². The Balaban J connectivity index is 2.00. The molecule has 1 aliphatic rings. The second kappa shape index (κ2) is 7.88. The molecule has 0 atom stereocenters. The Morgan fingerprint density at radius 2 is 1.70 bits per heavy atom. The summed E-state index contributed by atoms with van der Waals surface area (Å²) in [5, 5.41) is 3.67. The maximum atomic E-state index is 12.6. The number of hydrogen-bond donors (Lipinski definition) is 1. The van der Waals surface area contributed by atoms with E-state index in [9.17, 15) is 9.59 Å². The number of nitrogens with zero attached hydrogens (tertiary/aromatic N) is 2. The molecule has 1 N–H and O–H groups in total. The Bertz CT molecular complexity index is 593. The van der Waals surface area contributed by atoms with Crippen LogP contribution in [-0.4, -0.2) is 54.0 Å². The second-order valence-electron chi connectivity index (χ2n) is 5.87. The summed E-state index contributed by atoms with van der Waals surface area (Å²) in [6.45, 7) is 6.14. The van der Waals surface area contributed by atoms with Gasteiger partial charge in [0.2, 0.25) is 0 Å². The molecule has 0 aromatic heterocycles. The number of halogens is 2. The lowest BCUT2D eigenvalue weighted by Crippen LogP contribution is -2.44. The fourth-order valence-corrected chi connectivity index (χ4v) is 2.77. The molecule has 0 aliphatic carbocycles. The highest BCUT2D eigenvalue weighted by molar-refractivity contribution is 6.42. The lowest BCUT2D eigenvalue weighted by atomic mass is 10.2. The van der Waals surface area contributed by atoms with Gasteiger partial charge < -0.3 is 15.1 Å². The van der Waals surface area contributed by atoms with E-state index in [0.717, 1.165) is 6.42 Å². The van der Waals surface area contributed by atoms with Gasteiger partial charge in [-0.2, -0.15) is 0 Å². The molecule has 7 heteroatoms. The van der Waals surface area contributed by atoms with Crippen molar-refractivity contribution >= 4 is 35.1 Å². The standard InChI is InChI=1S/C16H21Cl2N3O2/c1-11(2)19-16(23)21-7-3-6-20(8-9-21)15(22)12-4-5-13(17)14(18)10-12/h4-5,10-11H,3,6-9H2,1-2H3,(H,19,23). The molecule has 3 amide bonds. The fraction of sp³-hybridized carbons (Fsp3) is 0.500. The number of amides is 3. The predicted octanol–water partition coefficient (Wildman–Crippen LogP) is 3.26. The Labute approximate surface area is 146 Å². The molecular weight excluding hydrogens is 337 g/mol.